The van der Waals surface area contributed by atoms with Gasteiger partial charge in [0.05, 0.1) is 12.2 Å². The maximum absolute atomic E-state index is 12.6. The first-order chi connectivity index (χ1) is 33.2. The van der Waals surface area contributed by atoms with Crippen LogP contribution in [0, 0.1) is 13.8 Å². The quantitative estimate of drug-likeness (QED) is 0.128. The molecule has 10 atom stereocenters. The zero-order valence-electron chi connectivity index (χ0n) is 37.8. The number of nitrogens with zero attached hydrogens (tertiary/aromatic N) is 2. The third-order valence-electron chi connectivity index (χ3n) is 11.8. The lowest BCUT2D eigenvalue weighted by atomic mass is 10.0. The van der Waals surface area contributed by atoms with Crippen molar-refractivity contribution < 1.29 is 47.9 Å². The number of carbonyl (C=O) groups is 2. The lowest BCUT2D eigenvalue weighted by Crippen LogP contribution is -2.37. The molecule has 6 heterocycles. The highest BCUT2D eigenvalue weighted by Gasteiger charge is 2.54. The molecule has 10 rings (SSSR count). The maximum atomic E-state index is 12.6. The fourth-order valence-corrected chi connectivity index (χ4v) is 8.48. The standard InChI is InChI=1S/C25H24N2O7.C13H9ClO.C12H16N2O6/c1-14-12-27(25(30)26-22(14)28)23-21-20(32-15(2)33-21)19(34-23)13-31-24(29)18-10-8-17(9-11-18)16-6-4-3-5-7-16;14-13(15)12-8-6-11(7-9-12)10-4-2-1-3-5-10;1-5-3-14(12(17)13-10(5)16)11-9-8(7(4-15)20-11)18-6(2)19-9/h3-12,15,19-21,23H,13H2,1-2H3,(H,26,28,30);1-9H;3,6-9,11,15H,4H2,1-2H3,(H,13,16,17)/t15?,19-,20-,21-,23-;;6?,7-,8-,9-,11-/m1.1/s1. The number of benzene rings is 4. The second-order valence-electron chi connectivity index (χ2n) is 16.6. The molecule has 4 aliphatic heterocycles. The summed E-state index contributed by atoms with van der Waals surface area (Å²) in [7, 11) is 0. The number of aliphatic hydroxyl groups is 1. The normalized spacial score (nSPS) is 25.4. The van der Waals surface area contributed by atoms with Crippen LogP contribution in [0.5, 0.6) is 0 Å². The van der Waals surface area contributed by atoms with Crippen molar-refractivity contribution in [2.45, 2.75) is 89.4 Å². The molecule has 19 heteroatoms. The summed E-state index contributed by atoms with van der Waals surface area (Å²) < 4.78 is 42.5. The number of carbonyl (C=O) groups excluding carboxylic acids is 2. The van der Waals surface area contributed by atoms with Gasteiger partial charge in [0.25, 0.3) is 16.4 Å². The number of H-pyrrole nitrogens is 2. The van der Waals surface area contributed by atoms with Crippen LogP contribution < -0.4 is 22.5 Å². The molecule has 18 nitrogen and oxygen atoms in total. The highest BCUT2D eigenvalue weighted by Crippen LogP contribution is 2.40. The van der Waals surface area contributed by atoms with Crippen LogP contribution in [0.1, 0.15) is 58.1 Å². The Kier molecular flexibility index (Phi) is 15.1. The highest BCUT2D eigenvalue weighted by atomic mass is 35.5. The molecule has 4 aliphatic rings. The summed E-state index contributed by atoms with van der Waals surface area (Å²) in [6.45, 7) is 6.37. The Morgan fingerprint density at radius 1 is 0.565 bits per heavy atom. The Morgan fingerprint density at radius 3 is 1.39 bits per heavy atom. The number of nitrogens with one attached hydrogen (secondary N) is 2. The number of fused-ring (bicyclic) bond motifs is 2. The van der Waals surface area contributed by atoms with Gasteiger partial charge in [-0.05, 0) is 85.8 Å². The van der Waals surface area contributed by atoms with Gasteiger partial charge in [0.1, 0.15) is 43.2 Å². The molecule has 3 N–H and O–H groups in total. The number of rotatable bonds is 9. The summed E-state index contributed by atoms with van der Waals surface area (Å²) in [6, 6.07) is 34.3. The van der Waals surface area contributed by atoms with Crippen molar-refractivity contribution in [3.8, 4) is 22.3 Å². The van der Waals surface area contributed by atoms with E-state index < -0.39 is 95.4 Å². The number of halogens is 1. The van der Waals surface area contributed by atoms with Gasteiger partial charge in [-0.25, -0.2) is 14.4 Å². The van der Waals surface area contributed by atoms with Crippen molar-refractivity contribution in [3.05, 3.63) is 186 Å². The van der Waals surface area contributed by atoms with Crippen molar-refractivity contribution in [2.24, 2.45) is 0 Å². The SMILES string of the molecule is Cc1cn([C@@H]2O[C@H](CO)[C@H]3OC(C)O[C@H]32)c(=O)[nH]c1=O.Cc1cn([C@@H]2O[C@H](COC(=O)c3ccc(-c4ccccc4)cc3)[C@H]3OC(C)O[C@H]32)c(=O)[nH]c1=O.O=C(Cl)c1ccc(-c2ccccc2)cc1. The van der Waals surface area contributed by atoms with Gasteiger partial charge in [-0.15, -0.1) is 0 Å². The van der Waals surface area contributed by atoms with Gasteiger partial charge in [0.2, 0.25) is 0 Å². The third kappa shape index (κ3) is 11.0. The molecular formula is C50H49ClN4O14. The topological polar surface area (TPSA) is 229 Å². The number of aromatic amines is 2. The molecule has 69 heavy (non-hydrogen) atoms. The molecule has 4 fully saturated rings. The van der Waals surface area contributed by atoms with E-state index >= 15 is 0 Å². The first-order valence-electron chi connectivity index (χ1n) is 22.0. The van der Waals surface area contributed by atoms with Crippen LogP contribution in [0.2, 0.25) is 0 Å². The minimum atomic E-state index is -0.827. The second kappa shape index (κ2) is 21.4. The van der Waals surface area contributed by atoms with Crippen LogP contribution >= 0.6 is 11.6 Å². The van der Waals surface area contributed by atoms with Crippen LogP contribution in [0.25, 0.3) is 22.3 Å². The number of esters is 1. The zero-order valence-corrected chi connectivity index (χ0v) is 38.5. The number of aliphatic hydroxyl groups excluding tert-OH is 1. The molecule has 4 saturated heterocycles. The van der Waals surface area contributed by atoms with Gasteiger partial charge in [0.15, 0.2) is 25.0 Å². The maximum Gasteiger partial charge on any atom is 0.338 e. The van der Waals surface area contributed by atoms with E-state index in [1.165, 1.54) is 21.5 Å². The number of ether oxygens (including phenoxy) is 7. The lowest BCUT2D eigenvalue weighted by molar-refractivity contribution is -0.145. The van der Waals surface area contributed by atoms with E-state index in [1.54, 1.807) is 52.0 Å². The molecule has 2 unspecified atom stereocenters. The minimum Gasteiger partial charge on any atom is -0.459 e. The summed E-state index contributed by atoms with van der Waals surface area (Å²) >= 11 is 5.36. The predicted octanol–water partition coefficient (Wildman–Crippen LogP) is 4.99. The number of aryl methyl sites for hydroxylation is 2. The van der Waals surface area contributed by atoms with E-state index in [0.717, 1.165) is 22.3 Å². The van der Waals surface area contributed by atoms with Crippen LogP contribution in [0.4, 0.5) is 0 Å². The summed E-state index contributed by atoms with van der Waals surface area (Å²) in [5, 5.41) is 8.90. The summed E-state index contributed by atoms with van der Waals surface area (Å²) in [5.41, 5.74) is 3.87. The number of aromatic nitrogens is 4. The first kappa shape index (κ1) is 48.8. The largest absolute Gasteiger partial charge is 0.459 e. The zero-order chi connectivity index (χ0) is 48.9. The van der Waals surface area contributed by atoms with E-state index in [4.69, 9.17) is 44.8 Å². The Balaban J connectivity index is 0.000000155. The van der Waals surface area contributed by atoms with Crippen molar-refractivity contribution >= 4 is 22.8 Å². The molecule has 0 saturated carbocycles. The highest BCUT2D eigenvalue weighted by molar-refractivity contribution is 6.67. The molecule has 0 radical (unpaired) electrons. The first-order valence-corrected chi connectivity index (χ1v) is 22.4. The number of hydrogen-bond acceptors (Lipinski definition) is 14. The Labute approximate surface area is 398 Å². The fourth-order valence-electron chi connectivity index (χ4n) is 8.36. The Hall–Kier alpha value is -6.61. The van der Waals surface area contributed by atoms with Crippen LogP contribution in [0.15, 0.2) is 141 Å². The van der Waals surface area contributed by atoms with Gasteiger partial charge >= 0.3 is 17.3 Å². The monoisotopic (exact) mass is 964 g/mol. The minimum absolute atomic E-state index is 0.0793. The van der Waals surface area contributed by atoms with Crippen molar-refractivity contribution in [2.75, 3.05) is 13.2 Å². The average molecular weight is 965 g/mol. The smallest absolute Gasteiger partial charge is 0.338 e. The second-order valence-corrected chi connectivity index (χ2v) is 16.9. The third-order valence-corrected chi connectivity index (χ3v) is 12.0. The van der Waals surface area contributed by atoms with E-state index in [0.29, 0.717) is 22.3 Å². The van der Waals surface area contributed by atoms with E-state index in [-0.39, 0.29) is 13.2 Å². The molecular weight excluding hydrogens is 916 g/mol. The summed E-state index contributed by atoms with van der Waals surface area (Å²) in [5.74, 6) is -0.493. The molecule has 2 aromatic heterocycles. The Morgan fingerprint density at radius 2 is 0.957 bits per heavy atom. The predicted molar refractivity (Wildman–Crippen MR) is 250 cm³/mol. The van der Waals surface area contributed by atoms with Gasteiger partial charge in [-0.1, -0.05) is 84.9 Å². The van der Waals surface area contributed by atoms with Crippen molar-refractivity contribution in [1.29, 1.82) is 0 Å². The fraction of sp³-hybridized carbons (Fsp3) is 0.320. The van der Waals surface area contributed by atoms with Crippen LogP contribution in [-0.4, -0.2) is 97.8 Å². The van der Waals surface area contributed by atoms with Gasteiger partial charge in [-0.3, -0.25) is 33.5 Å². The molecule has 6 aromatic rings. The average Bonchev–Trinajstić information content (AvgIpc) is 4.11. The molecule has 0 amide bonds. The molecule has 0 aliphatic carbocycles. The van der Waals surface area contributed by atoms with Gasteiger partial charge in [-0.2, -0.15) is 0 Å². The van der Waals surface area contributed by atoms with Gasteiger partial charge < -0.3 is 38.3 Å². The summed E-state index contributed by atoms with van der Waals surface area (Å²) in [4.78, 5) is 75.4. The lowest BCUT2D eigenvalue weighted by Gasteiger charge is -2.20. The molecule has 360 valence electrons. The van der Waals surface area contributed by atoms with Crippen LogP contribution in [0.3, 0.4) is 0 Å². The van der Waals surface area contributed by atoms with Crippen molar-refractivity contribution in [3.63, 3.8) is 0 Å². The molecule has 4 aromatic carbocycles. The molecule has 0 spiro atoms. The van der Waals surface area contributed by atoms with Crippen LogP contribution in [-0.2, 0) is 33.2 Å². The van der Waals surface area contributed by atoms with E-state index in [2.05, 4.69) is 9.97 Å². The number of hydrogen-bond donors (Lipinski definition) is 3. The summed E-state index contributed by atoms with van der Waals surface area (Å²) in [6.07, 6.45) is -2.90. The van der Waals surface area contributed by atoms with Gasteiger partial charge in [0, 0.05) is 29.1 Å². The van der Waals surface area contributed by atoms with E-state index in [9.17, 15) is 33.9 Å². The Bertz CT molecular complexity index is 3000. The van der Waals surface area contributed by atoms with E-state index in [1.807, 2.05) is 84.9 Å². The van der Waals surface area contributed by atoms with Crippen molar-refractivity contribution in [1.82, 2.24) is 19.1 Å². The molecule has 0 bridgehead atoms.